The first-order valence-corrected chi connectivity index (χ1v) is 5.42. The van der Waals surface area contributed by atoms with Crippen LogP contribution in [0.1, 0.15) is 25.7 Å². The highest BCUT2D eigenvalue weighted by Gasteiger charge is 2.25. The van der Waals surface area contributed by atoms with Crippen LogP contribution in [0.4, 0.5) is 10.1 Å². The van der Waals surface area contributed by atoms with E-state index in [1.165, 1.54) is 6.20 Å². The SMILES string of the molecule is Nc1cnc(O[C@H]2CCCC[C@H]2O)c(F)c1. The highest BCUT2D eigenvalue weighted by atomic mass is 19.1. The minimum absolute atomic E-state index is 0.0832. The van der Waals surface area contributed by atoms with Gasteiger partial charge in [0.1, 0.15) is 6.10 Å². The molecular formula is C11H15FN2O2. The van der Waals surface area contributed by atoms with E-state index in [-0.39, 0.29) is 17.7 Å². The van der Waals surface area contributed by atoms with Crippen LogP contribution in [0.5, 0.6) is 5.88 Å². The second kappa shape index (κ2) is 4.65. The van der Waals surface area contributed by atoms with Crippen LogP contribution >= 0.6 is 0 Å². The maximum absolute atomic E-state index is 13.4. The van der Waals surface area contributed by atoms with Crippen LogP contribution in [0.3, 0.4) is 0 Å². The van der Waals surface area contributed by atoms with Crippen molar-refractivity contribution in [1.29, 1.82) is 0 Å². The Morgan fingerprint density at radius 3 is 2.88 bits per heavy atom. The predicted molar refractivity (Wildman–Crippen MR) is 57.5 cm³/mol. The van der Waals surface area contributed by atoms with Gasteiger partial charge >= 0.3 is 0 Å². The van der Waals surface area contributed by atoms with Crippen LogP contribution in [0.25, 0.3) is 0 Å². The Morgan fingerprint density at radius 1 is 1.44 bits per heavy atom. The van der Waals surface area contributed by atoms with Crippen molar-refractivity contribution in [3.63, 3.8) is 0 Å². The summed E-state index contributed by atoms with van der Waals surface area (Å²) in [5.74, 6) is -0.669. The van der Waals surface area contributed by atoms with Crippen molar-refractivity contribution >= 4 is 5.69 Å². The zero-order valence-corrected chi connectivity index (χ0v) is 8.90. The number of hydrogen-bond acceptors (Lipinski definition) is 4. The largest absolute Gasteiger partial charge is 0.470 e. The zero-order valence-electron chi connectivity index (χ0n) is 8.90. The molecule has 0 unspecified atom stereocenters. The van der Waals surface area contributed by atoms with Gasteiger partial charge in [0.05, 0.1) is 18.0 Å². The minimum atomic E-state index is -0.585. The average Bonchev–Trinajstić information content (AvgIpc) is 2.25. The fourth-order valence-electron chi connectivity index (χ4n) is 1.89. The van der Waals surface area contributed by atoms with E-state index < -0.39 is 11.9 Å². The van der Waals surface area contributed by atoms with E-state index in [0.717, 1.165) is 25.3 Å². The Kier molecular flexibility index (Phi) is 3.24. The van der Waals surface area contributed by atoms with Crippen molar-refractivity contribution in [3.8, 4) is 5.88 Å². The molecule has 2 atom stereocenters. The third kappa shape index (κ3) is 2.41. The molecule has 1 aliphatic carbocycles. The summed E-state index contributed by atoms with van der Waals surface area (Å²) in [6.45, 7) is 0. The van der Waals surface area contributed by atoms with Crippen molar-refractivity contribution in [1.82, 2.24) is 4.98 Å². The van der Waals surface area contributed by atoms with E-state index in [2.05, 4.69) is 4.98 Å². The van der Waals surface area contributed by atoms with Crippen LogP contribution in [-0.4, -0.2) is 22.3 Å². The zero-order chi connectivity index (χ0) is 11.5. The first kappa shape index (κ1) is 11.1. The van der Waals surface area contributed by atoms with E-state index >= 15 is 0 Å². The molecule has 1 fully saturated rings. The first-order chi connectivity index (χ1) is 7.66. The summed E-state index contributed by atoms with van der Waals surface area (Å²) < 4.78 is 18.7. The molecule has 1 aliphatic rings. The van der Waals surface area contributed by atoms with Crippen LogP contribution in [0, 0.1) is 5.82 Å². The molecular weight excluding hydrogens is 211 g/mol. The molecule has 0 radical (unpaired) electrons. The molecule has 0 aromatic carbocycles. The highest BCUT2D eigenvalue weighted by molar-refractivity contribution is 5.37. The summed E-state index contributed by atoms with van der Waals surface area (Å²) in [6, 6.07) is 1.16. The van der Waals surface area contributed by atoms with Crippen molar-refractivity contribution in [3.05, 3.63) is 18.1 Å². The van der Waals surface area contributed by atoms with Gasteiger partial charge in [0, 0.05) is 6.07 Å². The number of hydrogen-bond donors (Lipinski definition) is 2. The van der Waals surface area contributed by atoms with Crippen molar-refractivity contribution in [2.45, 2.75) is 37.9 Å². The molecule has 0 aliphatic heterocycles. The summed E-state index contributed by atoms with van der Waals surface area (Å²) in [5.41, 5.74) is 5.64. The van der Waals surface area contributed by atoms with Gasteiger partial charge in [0.25, 0.3) is 5.88 Å². The topological polar surface area (TPSA) is 68.4 Å². The molecule has 0 spiro atoms. The molecule has 0 bridgehead atoms. The number of anilines is 1. The van der Waals surface area contributed by atoms with Gasteiger partial charge in [-0.2, -0.15) is 0 Å². The number of ether oxygens (including phenoxy) is 1. The van der Waals surface area contributed by atoms with Gasteiger partial charge in [0.15, 0.2) is 5.82 Å². The van der Waals surface area contributed by atoms with E-state index in [1.807, 2.05) is 0 Å². The Labute approximate surface area is 93.2 Å². The number of nitrogen functional groups attached to an aromatic ring is 1. The van der Waals surface area contributed by atoms with Crippen LogP contribution < -0.4 is 10.5 Å². The average molecular weight is 226 g/mol. The lowest BCUT2D eigenvalue weighted by Crippen LogP contribution is -2.35. The van der Waals surface area contributed by atoms with Gasteiger partial charge in [-0.1, -0.05) is 6.42 Å². The number of aliphatic hydroxyl groups excluding tert-OH is 1. The molecule has 0 saturated heterocycles. The molecule has 1 aromatic rings. The van der Waals surface area contributed by atoms with Gasteiger partial charge in [0.2, 0.25) is 0 Å². The summed E-state index contributed by atoms with van der Waals surface area (Å²) in [5, 5.41) is 9.68. The number of aromatic nitrogens is 1. The number of nitrogens with two attached hydrogens (primary N) is 1. The van der Waals surface area contributed by atoms with E-state index in [4.69, 9.17) is 10.5 Å². The second-order valence-electron chi connectivity index (χ2n) is 4.06. The van der Waals surface area contributed by atoms with Gasteiger partial charge in [-0.05, 0) is 19.3 Å². The fraction of sp³-hybridized carbons (Fsp3) is 0.545. The Balaban J connectivity index is 2.07. The summed E-state index contributed by atoms with van der Waals surface area (Å²) >= 11 is 0. The lowest BCUT2D eigenvalue weighted by Gasteiger charge is -2.27. The van der Waals surface area contributed by atoms with Gasteiger partial charge < -0.3 is 15.6 Å². The van der Waals surface area contributed by atoms with E-state index in [9.17, 15) is 9.50 Å². The number of rotatable bonds is 2. The third-order valence-electron chi connectivity index (χ3n) is 2.76. The maximum atomic E-state index is 13.4. The molecule has 2 rings (SSSR count). The quantitative estimate of drug-likeness (QED) is 0.801. The van der Waals surface area contributed by atoms with Gasteiger partial charge in [-0.3, -0.25) is 0 Å². The Morgan fingerprint density at radius 2 is 2.19 bits per heavy atom. The normalized spacial score (nSPS) is 25.4. The summed E-state index contributed by atoms with van der Waals surface area (Å²) in [7, 11) is 0. The predicted octanol–water partition coefficient (Wildman–Crippen LogP) is 1.49. The minimum Gasteiger partial charge on any atom is -0.470 e. The van der Waals surface area contributed by atoms with E-state index in [1.54, 1.807) is 0 Å². The smallest absolute Gasteiger partial charge is 0.250 e. The van der Waals surface area contributed by atoms with Crippen molar-refractivity contribution in [2.75, 3.05) is 5.73 Å². The number of nitrogens with zero attached hydrogens (tertiary/aromatic N) is 1. The molecule has 88 valence electrons. The summed E-state index contributed by atoms with van der Waals surface area (Å²) in [6.07, 6.45) is 3.84. The molecule has 0 amide bonds. The lowest BCUT2D eigenvalue weighted by molar-refractivity contribution is 0.00247. The Hall–Kier alpha value is -1.36. The van der Waals surface area contributed by atoms with E-state index in [0.29, 0.717) is 6.42 Å². The van der Waals surface area contributed by atoms with Crippen LogP contribution in [-0.2, 0) is 0 Å². The van der Waals surface area contributed by atoms with Crippen molar-refractivity contribution < 1.29 is 14.2 Å². The number of pyridine rings is 1. The second-order valence-corrected chi connectivity index (χ2v) is 4.06. The third-order valence-corrected chi connectivity index (χ3v) is 2.76. The van der Waals surface area contributed by atoms with Crippen LogP contribution in [0.2, 0.25) is 0 Å². The molecule has 1 aromatic heterocycles. The lowest BCUT2D eigenvalue weighted by atomic mass is 9.95. The molecule has 1 heterocycles. The maximum Gasteiger partial charge on any atom is 0.250 e. The van der Waals surface area contributed by atoms with Gasteiger partial charge in [-0.25, -0.2) is 9.37 Å². The van der Waals surface area contributed by atoms with Crippen molar-refractivity contribution in [2.24, 2.45) is 0 Å². The molecule has 4 nitrogen and oxygen atoms in total. The van der Waals surface area contributed by atoms with Gasteiger partial charge in [-0.15, -0.1) is 0 Å². The fourth-order valence-corrected chi connectivity index (χ4v) is 1.89. The summed E-state index contributed by atoms with van der Waals surface area (Å²) in [4.78, 5) is 3.77. The van der Waals surface area contributed by atoms with Crippen LogP contribution in [0.15, 0.2) is 12.3 Å². The molecule has 1 saturated carbocycles. The first-order valence-electron chi connectivity index (χ1n) is 5.42. The monoisotopic (exact) mass is 226 g/mol. The number of halogens is 1. The molecule has 5 heteroatoms. The highest BCUT2D eigenvalue weighted by Crippen LogP contribution is 2.24. The standard InChI is InChI=1S/C11H15FN2O2/c12-8-5-7(13)6-14-11(8)16-10-4-2-1-3-9(10)15/h5-6,9-10,15H,1-4,13H2/t9-,10+/m1/s1. The number of aliphatic hydroxyl groups is 1. The molecule has 16 heavy (non-hydrogen) atoms. The Bertz CT molecular complexity index is 373. The molecule has 3 N–H and O–H groups in total.